The Balaban J connectivity index is 1.61. The predicted molar refractivity (Wildman–Crippen MR) is 71.4 cm³/mol. The quantitative estimate of drug-likeness (QED) is 0.765. The molecule has 0 aliphatic carbocycles. The monoisotopic (exact) mass is 313 g/mol. The van der Waals surface area contributed by atoms with Crippen LogP contribution < -0.4 is 4.74 Å². The van der Waals surface area contributed by atoms with Crippen LogP contribution in [0, 0.1) is 0 Å². The summed E-state index contributed by atoms with van der Waals surface area (Å²) in [6, 6.07) is 10.1. The van der Waals surface area contributed by atoms with E-state index in [9.17, 15) is 0 Å². The first-order chi connectivity index (χ1) is 8.34. The number of rotatable bonds is 6. The van der Waals surface area contributed by atoms with Gasteiger partial charge in [0.15, 0.2) is 0 Å². The summed E-state index contributed by atoms with van der Waals surface area (Å²) in [6.45, 7) is 1.70. The number of aromatic nitrogens is 1. The van der Waals surface area contributed by atoms with Gasteiger partial charge in [0.05, 0.1) is 23.2 Å². The highest BCUT2D eigenvalue weighted by Crippen LogP contribution is 2.24. The number of nitrogens with zero attached hydrogens (tertiary/aromatic N) is 1. The van der Waals surface area contributed by atoms with Crippen LogP contribution in [0.15, 0.2) is 40.3 Å². The fourth-order valence-corrected chi connectivity index (χ4v) is 2.30. The molecular weight excluding hydrogens is 302 g/mol. The van der Waals surface area contributed by atoms with Crippen molar-refractivity contribution in [1.82, 2.24) is 4.98 Å². The maximum Gasteiger partial charge on any atom is 0.274 e. The lowest BCUT2D eigenvalue weighted by molar-refractivity contribution is 0.0888. The molecule has 1 aromatic heterocycles. The molecule has 3 nitrogen and oxygen atoms in total. The summed E-state index contributed by atoms with van der Waals surface area (Å²) in [4.78, 5) is 4.07. The van der Waals surface area contributed by atoms with E-state index in [1.165, 1.54) is 16.9 Å². The van der Waals surface area contributed by atoms with Gasteiger partial charge >= 0.3 is 0 Å². The molecular formula is C12H12BrNO2S. The lowest BCUT2D eigenvalue weighted by Gasteiger charge is -2.04. The van der Waals surface area contributed by atoms with Gasteiger partial charge in [0, 0.05) is 0 Å². The van der Waals surface area contributed by atoms with Crippen molar-refractivity contribution in [2.24, 2.45) is 0 Å². The molecule has 0 aliphatic heterocycles. The molecule has 0 N–H and O–H groups in total. The van der Waals surface area contributed by atoms with Crippen molar-refractivity contribution >= 4 is 27.3 Å². The highest BCUT2D eigenvalue weighted by molar-refractivity contribution is 9.11. The van der Waals surface area contributed by atoms with Gasteiger partial charge < -0.3 is 9.47 Å². The van der Waals surface area contributed by atoms with Crippen LogP contribution in [0.2, 0.25) is 0 Å². The van der Waals surface area contributed by atoms with Crippen molar-refractivity contribution in [1.29, 1.82) is 0 Å². The standard InChI is InChI=1S/C12H12BrNO2S/c13-11-8-14-12(17-11)16-7-6-15-9-10-4-2-1-3-5-10/h1-5,8H,6-7,9H2. The average Bonchev–Trinajstić information content (AvgIpc) is 2.76. The lowest BCUT2D eigenvalue weighted by Crippen LogP contribution is -2.06. The van der Waals surface area contributed by atoms with Crippen LogP contribution in [0.4, 0.5) is 0 Å². The zero-order valence-corrected chi connectivity index (χ0v) is 11.5. The summed E-state index contributed by atoms with van der Waals surface area (Å²) in [6.07, 6.45) is 1.73. The van der Waals surface area contributed by atoms with Crippen LogP contribution in [0.25, 0.3) is 0 Å². The van der Waals surface area contributed by atoms with Gasteiger partial charge in [-0.3, -0.25) is 0 Å². The molecule has 0 saturated heterocycles. The van der Waals surface area contributed by atoms with Crippen LogP contribution >= 0.6 is 27.3 Å². The maximum absolute atomic E-state index is 5.49. The van der Waals surface area contributed by atoms with E-state index < -0.39 is 0 Å². The van der Waals surface area contributed by atoms with E-state index in [2.05, 4.69) is 20.9 Å². The molecule has 0 bridgehead atoms. The molecule has 1 heterocycles. The third kappa shape index (κ3) is 4.46. The van der Waals surface area contributed by atoms with Gasteiger partial charge in [0.2, 0.25) is 0 Å². The predicted octanol–water partition coefficient (Wildman–Crippen LogP) is 3.50. The Morgan fingerprint density at radius 2 is 2.00 bits per heavy atom. The highest BCUT2D eigenvalue weighted by atomic mass is 79.9. The van der Waals surface area contributed by atoms with Crippen LogP contribution in [0.3, 0.4) is 0 Å². The molecule has 90 valence electrons. The minimum Gasteiger partial charge on any atom is -0.468 e. The normalized spacial score (nSPS) is 10.4. The average molecular weight is 314 g/mol. The van der Waals surface area contributed by atoms with E-state index in [4.69, 9.17) is 9.47 Å². The second kappa shape index (κ2) is 6.74. The molecule has 0 atom stereocenters. The van der Waals surface area contributed by atoms with Crippen molar-refractivity contribution in [3.05, 3.63) is 45.9 Å². The van der Waals surface area contributed by atoms with Gasteiger partial charge in [-0.25, -0.2) is 4.98 Å². The van der Waals surface area contributed by atoms with Crippen LogP contribution in [-0.2, 0) is 11.3 Å². The summed E-state index contributed by atoms with van der Waals surface area (Å²) >= 11 is 4.80. The molecule has 0 radical (unpaired) electrons. The van der Waals surface area contributed by atoms with Gasteiger partial charge in [-0.15, -0.1) is 0 Å². The fraction of sp³-hybridized carbons (Fsp3) is 0.250. The molecule has 5 heteroatoms. The van der Waals surface area contributed by atoms with Crippen molar-refractivity contribution in [3.63, 3.8) is 0 Å². The molecule has 1 aromatic carbocycles. The van der Waals surface area contributed by atoms with E-state index in [0.29, 0.717) is 25.0 Å². The minimum atomic E-state index is 0.521. The van der Waals surface area contributed by atoms with Crippen LogP contribution in [0.1, 0.15) is 5.56 Å². The smallest absolute Gasteiger partial charge is 0.274 e. The first-order valence-corrected chi connectivity index (χ1v) is 6.81. The Hall–Kier alpha value is -0.910. The first kappa shape index (κ1) is 12.5. The highest BCUT2D eigenvalue weighted by Gasteiger charge is 1.99. The summed E-state index contributed by atoms with van der Waals surface area (Å²) in [5, 5.41) is 0.667. The molecule has 17 heavy (non-hydrogen) atoms. The number of hydrogen-bond donors (Lipinski definition) is 0. The largest absolute Gasteiger partial charge is 0.468 e. The van der Waals surface area contributed by atoms with E-state index in [-0.39, 0.29) is 0 Å². The molecule has 0 unspecified atom stereocenters. The second-order valence-corrected chi connectivity index (χ2v) is 5.69. The number of ether oxygens (including phenoxy) is 2. The summed E-state index contributed by atoms with van der Waals surface area (Å²) in [5.41, 5.74) is 1.17. The molecule has 2 aromatic rings. The number of halogens is 1. The molecule has 0 saturated carbocycles. The number of benzene rings is 1. The Labute approximate surface area is 113 Å². The van der Waals surface area contributed by atoms with E-state index in [1.54, 1.807) is 6.20 Å². The third-order valence-corrected chi connectivity index (χ3v) is 3.41. The molecule has 0 fully saturated rings. The molecule has 0 amide bonds. The summed E-state index contributed by atoms with van der Waals surface area (Å²) < 4.78 is 11.9. The van der Waals surface area contributed by atoms with Gasteiger partial charge in [-0.05, 0) is 21.5 Å². The fourth-order valence-electron chi connectivity index (χ4n) is 1.26. The van der Waals surface area contributed by atoms with Crippen molar-refractivity contribution in [2.45, 2.75) is 6.61 Å². The summed E-state index contributed by atoms with van der Waals surface area (Å²) in [7, 11) is 0. The maximum atomic E-state index is 5.49. The minimum absolute atomic E-state index is 0.521. The van der Waals surface area contributed by atoms with E-state index in [1.807, 2.05) is 30.3 Å². The Bertz CT molecular complexity index is 447. The summed E-state index contributed by atoms with van der Waals surface area (Å²) in [5.74, 6) is 0. The second-order valence-electron chi connectivity index (χ2n) is 3.32. The molecule has 0 spiro atoms. The first-order valence-electron chi connectivity index (χ1n) is 5.20. The Morgan fingerprint density at radius 3 is 2.71 bits per heavy atom. The van der Waals surface area contributed by atoms with Crippen molar-refractivity contribution in [3.8, 4) is 5.19 Å². The number of thiazole rings is 1. The van der Waals surface area contributed by atoms with Crippen LogP contribution in [0.5, 0.6) is 5.19 Å². The SMILES string of the molecule is Brc1cnc(OCCOCc2ccccc2)s1. The van der Waals surface area contributed by atoms with Gasteiger partial charge in [-0.2, -0.15) is 0 Å². The van der Waals surface area contributed by atoms with E-state index >= 15 is 0 Å². The topological polar surface area (TPSA) is 31.4 Å². The van der Waals surface area contributed by atoms with E-state index in [0.717, 1.165) is 3.79 Å². The molecule has 0 aliphatic rings. The lowest BCUT2D eigenvalue weighted by atomic mass is 10.2. The van der Waals surface area contributed by atoms with Crippen molar-refractivity contribution < 1.29 is 9.47 Å². The zero-order chi connectivity index (χ0) is 11.9. The van der Waals surface area contributed by atoms with Gasteiger partial charge in [0.25, 0.3) is 5.19 Å². The third-order valence-electron chi connectivity index (χ3n) is 2.02. The Morgan fingerprint density at radius 1 is 1.18 bits per heavy atom. The van der Waals surface area contributed by atoms with Gasteiger partial charge in [-0.1, -0.05) is 41.7 Å². The number of hydrogen-bond acceptors (Lipinski definition) is 4. The van der Waals surface area contributed by atoms with Gasteiger partial charge in [0.1, 0.15) is 6.61 Å². The van der Waals surface area contributed by atoms with Crippen molar-refractivity contribution in [2.75, 3.05) is 13.2 Å². The van der Waals surface area contributed by atoms with Crippen LogP contribution in [-0.4, -0.2) is 18.2 Å². The Kier molecular flexibility index (Phi) is 4.97. The zero-order valence-electron chi connectivity index (χ0n) is 9.14. The molecule has 2 rings (SSSR count).